The Labute approximate surface area is 87.7 Å². The number of nitrogen functional groups attached to an aromatic ring is 1. The van der Waals surface area contributed by atoms with Crippen molar-refractivity contribution in [2.45, 2.75) is 26.2 Å². The largest absolute Gasteiger partial charge is 0.383 e. The Morgan fingerprint density at radius 1 is 1.53 bits per heavy atom. The maximum absolute atomic E-state index is 13.0. The summed E-state index contributed by atoms with van der Waals surface area (Å²) >= 11 is 0. The Morgan fingerprint density at radius 2 is 2.27 bits per heavy atom. The number of anilines is 1. The maximum Gasteiger partial charge on any atom is 0.140 e. The fourth-order valence-electron chi connectivity index (χ4n) is 1.61. The van der Waals surface area contributed by atoms with Crippen molar-refractivity contribution in [3.05, 3.63) is 29.8 Å². The van der Waals surface area contributed by atoms with E-state index in [4.69, 9.17) is 5.73 Å². The lowest BCUT2D eigenvalue weighted by molar-refractivity contribution is 0.619. The molecule has 2 rings (SSSR count). The van der Waals surface area contributed by atoms with Gasteiger partial charge in [0.05, 0.1) is 5.69 Å². The molecule has 0 aliphatic rings. The number of imidazole rings is 1. The molecule has 2 aromatic rings. The lowest BCUT2D eigenvalue weighted by Crippen LogP contribution is -1.99. The number of nitrogens with zero attached hydrogens (tertiary/aromatic N) is 2. The van der Waals surface area contributed by atoms with Crippen LogP contribution in [0.5, 0.6) is 0 Å². The van der Waals surface area contributed by atoms with Crippen LogP contribution in [0.3, 0.4) is 0 Å². The molecular weight excluding hydrogens is 193 g/mol. The first kappa shape index (κ1) is 9.96. The number of aromatic nitrogens is 2. The van der Waals surface area contributed by atoms with E-state index in [-0.39, 0.29) is 5.82 Å². The standard InChI is InChI=1S/C11H14FN3/c1-3-7(2)10-11(13)15-6-8(12)4-5-9(15)14-10/h4-7H,3,13H2,1-2H3. The van der Waals surface area contributed by atoms with Crippen molar-refractivity contribution in [3.8, 4) is 0 Å². The monoisotopic (exact) mass is 207 g/mol. The summed E-state index contributed by atoms with van der Waals surface area (Å²) in [5, 5.41) is 0. The zero-order valence-corrected chi connectivity index (χ0v) is 8.87. The molecule has 0 aromatic carbocycles. The SMILES string of the molecule is CCC(C)c1nc2ccc(F)cn2c1N. The summed E-state index contributed by atoms with van der Waals surface area (Å²) in [6, 6.07) is 3.03. The van der Waals surface area contributed by atoms with Gasteiger partial charge in [-0.3, -0.25) is 4.40 Å². The Balaban J connectivity index is 2.64. The van der Waals surface area contributed by atoms with Crippen LogP contribution >= 0.6 is 0 Å². The predicted octanol–water partition coefficient (Wildman–Crippen LogP) is 2.57. The van der Waals surface area contributed by atoms with E-state index in [0.29, 0.717) is 17.4 Å². The smallest absolute Gasteiger partial charge is 0.140 e. The topological polar surface area (TPSA) is 43.3 Å². The third-order valence-electron chi connectivity index (χ3n) is 2.73. The van der Waals surface area contributed by atoms with Gasteiger partial charge in [0.1, 0.15) is 17.3 Å². The van der Waals surface area contributed by atoms with E-state index in [1.165, 1.54) is 12.3 Å². The second kappa shape index (κ2) is 3.53. The lowest BCUT2D eigenvalue weighted by atomic mass is 10.1. The van der Waals surface area contributed by atoms with Gasteiger partial charge in [-0.1, -0.05) is 13.8 Å². The third-order valence-corrected chi connectivity index (χ3v) is 2.73. The molecule has 0 saturated carbocycles. The highest BCUT2D eigenvalue weighted by atomic mass is 19.1. The summed E-state index contributed by atoms with van der Waals surface area (Å²) in [6.45, 7) is 4.14. The van der Waals surface area contributed by atoms with Crippen molar-refractivity contribution in [1.82, 2.24) is 9.38 Å². The fourth-order valence-corrected chi connectivity index (χ4v) is 1.61. The van der Waals surface area contributed by atoms with Crippen LogP contribution in [0.4, 0.5) is 10.2 Å². The summed E-state index contributed by atoms with van der Waals surface area (Å²) in [4.78, 5) is 4.40. The first-order valence-electron chi connectivity index (χ1n) is 5.06. The molecule has 0 bridgehead atoms. The zero-order chi connectivity index (χ0) is 11.0. The minimum atomic E-state index is -0.303. The van der Waals surface area contributed by atoms with E-state index < -0.39 is 0 Å². The molecule has 0 aliphatic carbocycles. The molecule has 1 unspecified atom stereocenters. The number of hydrogen-bond acceptors (Lipinski definition) is 2. The number of nitrogens with two attached hydrogens (primary N) is 1. The van der Waals surface area contributed by atoms with Gasteiger partial charge in [0.15, 0.2) is 0 Å². The quantitative estimate of drug-likeness (QED) is 0.822. The number of pyridine rings is 1. The van der Waals surface area contributed by atoms with Crippen LogP contribution in [0, 0.1) is 5.82 Å². The first-order valence-corrected chi connectivity index (χ1v) is 5.06. The van der Waals surface area contributed by atoms with Gasteiger partial charge in [-0.25, -0.2) is 9.37 Å². The Kier molecular flexibility index (Phi) is 2.34. The van der Waals surface area contributed by atoms with Gasteiger partial charge in [-0.2, -0.15) is 0 Å². The summed E-state index contributed by atoms with van der Waals surface area (Å²) in [7, 11) is 0. The molecule has 3 nitrogen and oxygen atoms in total. The minimum Gasteiger partial charge on any atom is -0.383 e. The van der Waals surface area contributed by atoms with E-state index >= 15 is 0 Å². The molecule has 0 aliphatic heterocycles. The van der Waals surface area contributed by atoms with Crippen molar-refractivity contribution in [2.24, 2.45) is 0 Å². The molecule has 0 amide bonds. The van der Waals surface area contributed by atoms with Gasteiger partial charge in [-0.05, 0) is 18.6 Å². The van der Waals surface area contributed by atoms with Gasteiger partial charge in [0.25, 0.3) is 0 Å². The normalized spacial score (nSPS) is 13.3. The van der Waals surface area contributed by atoms with E-state index in [0.717, 1.165) is 12.1 Å². The first-order chi connectivity index (χ1) is 7.13. The van der Waals surface area contributed by atoms with Gasteiger partial charge in [0, 0.05) is 12.1 Å². The van der Waals surface area contributed by atoms with E-state index in [1.807, 2.05) is 0 Å². The molecule has 2 aromatic heterocycles. The van der Waals surface area contributed by atoms with Crippen LogP contribution in [0.2, 0.25) is 0 Å². The molecule has 4 heteroatoms. The van der Waals surface area contributed by atoms with Crippen molar-refractivity contribution >= 4 is 11.5 Å². The maximum atomic E-state index is 13.0. The second-order valence-corrected chi connectivity index (χ2v) is 3.77. The predicted molar refractivity (Wildman–Crippen MR) is 58.3 cm³/mol. The van der Waals surface area contributed by atoms with Crippen LogP contribution in [0.15, 0.2) is 18.3 Å². The van der Waals surface area contributed by atoms with Crippen molar-refractivity contribution in [1.29, 1.82) is 0 Å². The average Bonchev–Trinajstić information content (AvgIpc) is 2.55. The number of fused-ring (bicyclic) bond motifs is 1. The lowest BCUT2D eigenvalue weighted by Gasteiger charge is -2.04. The molecule has 0 radical (unpaired) electrons. The van der Waals surface area contributed by atoms with Gasteiger partial charge in [-0.15, -0.1) is 0 Å². The summed E-state index contributed by atoms with van der Waals surface area (Å²) < 4.78 is 14.6. The van der Waals surface area contributed by atoms with Crippen LogP contribution in [0.1, 0.15) is 31.9 Å². The number of halogens is 1. The summed E-state index contributed by atoms with van der Waals surface area (Å²) in [5.41, 5.74) is 7.47. The molecule has 2 N–H and O–H groups in total. The highest BCUT2D eigenvalue weighted by Crippen LogP contribution is 2.25. The summed E-state index contributed by atoms with van der Waals surface area (Å²) in [5.74, 6) is 0.536. The zero-order valence-electron chi connectivity index (χ0n) is 8.87. The van der Waals surface area contributed by atoms with E-state index in [2.05, 4.69) is 18.8 Å². The van der Waals surface area contributed by atoms with Gasteiger partial charge < -0.3 is 5.73 Å². The molecule has 80 valence electrons. The molecule has 2 heterocycles. The van der Waals surface area contributed by atoms with E-state index in [1.54, 1.807) is 10.5 Å². The van der Waals surface area contributed by atoms with Crippen molar-refractivity contribution in [3.63, 3.8) is 0 Å². The second-order valence-electron chi connectivity index (χ2n) is 3.77. The molecule has 0 fully saturated rings. The average molecular weight is 207 g/mol. The highest BCUT2D eigenvalue weighted by molar-refractivity contribution is 5.53. The number of hydrogen-bond donors (Lipinski definition) is 1. The molecule has 15 heavy (non-hydrogen) atoms. The van der Waals surface area contributed by atoms with Crippen molar-refractivity contribution in [2.75, 3.05) is 5.73 Å². The van der Waals surface area contributed by atoms with E-state index in [9.17, 15) is 4.39 Å². The van der Waals surface area contributed by atoms with Gasteiger partial charge >= 0.3 is 0 Å². The highest BCUT2D eigenvalue weighted by Gasteiger charge is 2.14. The van der Waals surface area contributed by atoms with Crippen molar-refractivity contribution < 1.29 is 4.39 Å². The minimum absolute atomic E-state index is 0.299. The Bertz CT molecular complexity index is 490. The fraction of sp³-hybridized carbons (Fsp3) is 0.364. The Hall–Kier alpha value is -1.58. The molecular formula is C11H14FN3. The van der Waals surface area contributed by atoms with Gasteiger partial charge in [0.2, 0.25) is 0 Å². The molecule has 0 spiro atoms. The van der Waals surface area contributed by atoms with Crippen LogP contribution in [-0.4, -0.2) is 9.38 Å². The molecule has 1 atom stereocenters. The number of rotatable bonds is 2. The molecule has 0 saturated heterocycles. The summed E-state index contributed by atoms with van der Waals surface area (Å²) in [6.07, 6.45) is 2.33. The Morgan fingerprint density at radius 3 is 2.93 bits per heavy atom. The third kappa shape index (κ3) is 1.56. The van der Waals surface area contributed by atoms with Crippen LogP contribution in [0.25, 0.3) is 5.65 Å². The van der Waals surface area contributed by atoms with Crippen LogP contribution in [-0.2, 0) is 0 Å². The van der Waals surface area contributed by atoms with Crippen LogP contribution < -0.4 is 5.73 Å².